The van der Waals surface area contributed by atoms with Gasteiger partial charge in [-0.1, -0.05) is 18.2 Å². The molecule has 6 nitrogen and oxygen atoms in total. The highest BCUT2D eigenvalue weighted by atomic mass is 16.5. The molecule has 6 heteroatoms. The first kappa shape index (κ1) is 18.3. The van der Waals surface area contributed by atoms with Gasteiger partial charge in [0.1, 0.15) is 0 Å². The van der Waals surface area contributed by atoms with Gasteiger partial charge < -0.3 is 20.1 Å². The maximum absolute atomic E-state index is 12.2. The van der Waals surface area contributed by atoms with Gasteiger partial charge in [-0.25, -0.2) is 0 Å². The van der Waals surface area contributed by atoms with Crippen molar-refractivity contribution in [2.75, 3.05) is 26.8 Å². The molecule has 0 unspecified atom stereocenters. The Morgan fingerprint density at radius 3 is 2.12 bits per heavy atom. The zero-order valence-electron chi connectivity index (χ0n) is 14.4. The zero-order valence-corrected chi connectivity index (χ0v) is 14.4. The molecule has 0 saturated carbocycles. The van der Waals surface area contributed by atoms with Gasteiger partial charge in [-0.15, -0.1) is 0 Å². The quantitative estimate of drug-likeness (QED) is 0.722. The fourth-order valence-corrected chi connectivity index (χ4v) is 2.23. The molecule has 2 aromatic rings. The van der Waals surface area contributed by atoms with Gasteiger partial charge in [0, 0.05) is 24.2 Å². The van der Waals surface area contributed by atoms with E-state index >= 15 is 0 Å². The van der Waals surface area contributed by atoms with Gasteiger partial charge in [-0.05, 0) is 37.3 Å². The third-order valence-electron chi connectivity index (χ3n) is 3.46. The van der Waals surface area contributed by atoms with E-state index in [1.807, 2.05) is 13.0 Å². The summed E-state index contributed by atoms with van der Waals surface area (Å²) in [5.41, 5.74) is 1.06. The first-order chi connectivity index (χ1) is 12.2. The molecule has 0 radical (unpaired) electrons. The highest BCUT2D eigenvalue weighted by molar-refractivity contribution is 5.95. The highest BCUT2D eigenvalue weighted by Crippen LogP contribution is 2.27. The number of carbonyl (C=O) groups excluding carboxylic acids is 2. The van der Waals surface area contributed by atoms with Crippen LogP contribution in [-0.4, -0.2) is 38.6 Å². The maximum Gasteiger partial charge on any atom is 0.251 e. The molecule has 0 fully saturated rings. The van der Waals surface area contributed by atoms with Crippen LogP contribution < -0.4 is 20.1 Å². The second kappa shape index (κ2) is 9.32. The van der Waals surface area contributed by atoms with E-state index in [1.54, 1.807) is 49.6 Å². The number of hydrogen-bond acceptors (Lipinski definition) is 4. The summed E-state index contributed by atoms with van der Waals surface area (Å²) in [6, 6.07) is 13.9. The van der Waals surface area contributed by atoms with Crippen LogP contribution >= 0.6 is 0 Å². The van der Waals surface area contributed by atoms with E-state index < -0.39 is 0 Å². The van der Waals surface area contributed by atoms with Gasteiger partial charge >= 0.3 is 0 Å². The summed E-state index contributed by atoms with van der Waals surface area (Å²) >= 11 is 0. The molecule has 0 aliphatic heterocycles. The summed E-state index contributed by atoms with van der Waals surface area (Å²) < 4.78 is 10.7. The molecule has 0 saturated heterocycles. The molecule has 0 aromatic heterocycles. The molecule has 132 valence electrons. The monoisotopic (exact) mass is 342 g/mol. The minimum atomic E-state index is -0.238. The first-order valence-corrected chi connectivity index (χ1v) is 8.08. The van der Waals surface area contributed by atoms with Crippen LogP contribution in [-0.2, 0) is 0 Å². The van der Waals surface area contributed by atoms with Crippen LogP contribution in [0, 0.1) is 0 Å². The third-order valence-corrected chi connectivity index (χ3v) is 3.46. The molecule has 0 aliphatic carbocycles. The van der Waals surface area contributed by atoms with Crippen molar-refractivity contribution in [3.63, 3.8) is 0 Å². The van der Waals surface area contributed by atoms with Crippen molar-refractivity contribution < 1.29 is 19.1 Å². The Hall–Kier alpha value is -3.02. The number of nitrogens with one attached hydrogen (secondary N) is 2. The molecule has 0 atom stereocenters. The van der Waals surface area contributed by atoms with E-state index in [0.717, 1.165) is 0 Å². The molecule has 2 aromatic carbocycles. The van der Waals surface area contributed by atoms with Gasteiger partial charge in [-0.2, -0.15) is 0 Å². The molecule has 0 heterocycles. The van der Waals surface area contributed by atoms with Crippen molar-refractivity contribution in [3.8, 4) is 11.5 Å². The summed E-state index contributed by atoms with van der Waals surface area (Å²) in [6.07, 6.45) is 0. The highest BCUT2D eigenvalue weighted by Gasteiger charge is 2.11. The number of amides is 2. The molecular weight excluding hydrogens is 320 g/mol. The van der Waals surface area contributed by atoms with Crippen molar-refractivity contribution in [2.45, 2.75) is 6.92 Å². The molecule has 25 heavy (non-hydrogen) atoms. The Labute approximate surface area is 147 Å². The van der Waals surface area contributed by atoms with Crippen LogP contribution in [0.15, 0.2) is 48.5 Å². The molecule has 0 spiro atoms. The fourth-order valence-electron chi connectivity index (χ4n) is 2.23. The van der Waals surface area contributed by atoms with Gasteiger partial charge in [0.25, 0.3) is 11.8 Å². The number of rotatable bonds is 8. The van der Waals surface area contributed by atoms with Gasteiger partial charge in [0.15, 0.2) is 11.5 Å². The Bertz CT molecular complexity index is 717. The summed E-state index contributed by atoms with van der Waals surface area (Å²) in [6.45, 7) is 3.01. The van der Waals surface area contributed by atoms with Gasteiger partial charge in [-0.3, -0.25) is 9.59 Å². The zero-order chi connectivity index (χ0) is 18.1. The van der Waals surface area contributed by atoms with Crippen LogP contribution in [0.4, 0.5) is 0 Å². The average Bonchev–Trinajstić information content (AvgIpc) is 2.65. The maximum atomic E-state index is 12.2. The minimum absolute atomic E-state index is 0.169. The lowest BCUT2D eigenvalue weighted by molar-refractivity contribution is 0.0927. The molecule has 2 N–H and O–H groups in total. The lowest BCUT2D eigenvalue weighted by atomic mass is 10.2. The van der Waals surface area contributed by atoms with Crippen molar-refractivity contribution in [2.24, 2.45) is 0 Å². The molecule has 0 bridgehead atoms. The van der Waals surface area contributed by atoms with Crippen LogP contribution in [0.1, 0.15) is 27.6 Å². The van der Waals surface area contributed by atoms with Crippen LogP contribution in [0.5, 0.6) is 11.5 Å². The Kier molecular flexibility index (Phi) is 6.83. The lowest BCUT2D eigenvalue weighted by Crippen LogP contribution is -2.34. The Balaban J connectivity index is 1.84. The SMILES string of the molecule is CCOc1cc(C(=O)NCCNC(=O)c2ccccc2)ccc1OC. The number of ether oxygens (including phenoxy) is 2. The smallest absolute Gasteiger partial charge is 0.251 e. The predicted octanol–water partition coefficient (Wildman–Crippen LogP) is 2.25. The largest absolute Gasteiger partial charge is 0.493 e. The topological polar surface area (TPSA) is 76.7 Å². The molecule has 2 amide bonds. The van der Waals surface area contributed by atoms with Crippen molar-refractivity contribution >= 4 is 11.8 Å². The predicted molar refractivity (Wildman–Crippen MR) is 95.3 cm³/mol. The Morgan fingerprint density at radius 2 is 1.52 bits per heavy atom. The van der Waals surface area contributed by atoms with Crippen molar-refractivity contribution in [1.82, 2.24) is 10.6 Å². The summed E-state index contributed by atoms with van der Waals surface area (Å²) in [5, 5.41) is 5.52. The number of hydrogen-bond donors (Lipinski definition) is 2. The summed E-state index contributed by atoms with van der Waals surface area (Å²) in [4.78, 5) is 24.1. The second-order valence-corrected chi connectivity index (χ2v) is 5.18. The number of methoxy groups -OCH3 is 1. The summed E-state index contributed by atoms with van der Waals surface area (Å²) in [5.74, 6) is 0.694. The van der Waals surface area contributed by atoms with E-state index in [-0.39, 0.29) is 11.8 Å². The van der Waals surface area contributed by atoms with E-state index in [0.29, 0.717) is 42.3 Å². The van der Waals surface area contributed by atoms with Gasteiger partial charge in [0.2, 0.25) is 0 Å². The minimum Gasteiger partial charge on any atom is -0.493 e. The van der Waals surface area contributed by atoms with E-state index in [9.17, 15) is 9.59 Å². The standard InChI is InChI=1S/C19H22N2O4/c1-3-25-17-13-15(9-10-16(17)24-2)19(23)21-12-11-20-18(22)14-7-5-4-6-8-14/h4-10,13H,3,11-12H2,1-2H3,(H,20,22)(H,21,23). The fraction of sp³-hybridized carbons (Fsp3) is 0.263. The van der Waals surface area contributed by atoms with E-state index in [1.165, 1.54) is 0 Å². The summed E-state index contributed by atoms with van der Waals surface area (Å²) in [7, 11) is 1.55. The number of carbonyl (C=O) groups is 2. The van der Waals surface area contributed by atoms with E-state index in [2.05, 4.69) is 10.6 Å². The van der Waals surface area contributed by atoms with Crippen LogP contribution in [0.3, 0.4) is 0 Å². The van der Waals surface area contributed by atoms with Crippen molar-refractivity contribution in [3.05, 3.63) is 59.7 Å². The first-order valence-electron chi connectivity index (χ1n) is 8.08. The molecular formula is C19H22N2O4. The van der Waals surface area contributed by atoms with Crippen LogP contribution in [0.25, 0.3) is 0 Å². The molecule has 2 rings (SSSR count). The van der Waals surface area contributed by atoms with Crippen LogP contribution in [0.2, 0.25) is 0 Å². The molecule has 0 aliphatic rings. The van der Waals surface area contributed by atoms with E-state index in [4.69, 9.17) is 9.47 Å². The van der Waals surface area contributed by atoms with Crippen molar-refractivity contribution in [1.29, 1.82) is 0 Å². The Morgan fingerprint density at radius 1 is 0.880 bits per heavy atom. The number of benzene rings is 2. The van der Waals surface area contributed by atoms with Gasteiger partial charge in [0.05, 0.1) is 13.7 Å². The average molecular weight is 342 g/mol. The third kappa shape index (κ3) is 5.24. The lowest BCUT2D eigenvalue weighted by Gasteiger charge is -2.11. The second-order valence-electron chi connectivity index (χ2n) is 5.18. The normalized spacial score (nSPS) is 10.0.